The summed E-state index contributed by atoms with van der Waals surface area (Å²) in [6.45, 7) is 11.5. The first-order valence-corrected chi connectivity index (χ1v) is 16.3. The van der Waals surface area contributed by atoms with Crippen molar-refractivity contribution >= 4 is 12.2 Å². The molecule has 8 heteroatoms. The molecule has 3 aromatic rings. The highest BCUT2D eigenvalue weighted by Crippen LogP contribution is 2.34. The van der Waals surface area contributed by atoms with Crippen LogP contribution >= 0.6 is 0 Å². The lowest BCUT2D eigenvalue weighted by Crippen LogP contribution is -2.39. The Morgan fingerprint density at radius 2 is 1.00 bits per heavy atom. The Morgan fingerprint density at radius 1 is 0.625 bits per heavy atom. The third kappa shape index (κ3) is 9.64. The van der Waals surface area contributed by atoms with Crippen molar-refractivity contribution in [3.63, 3.8) is 0 Å². The maximum Gasteiger partial charge on any atom is 0.408 e. The fourth-order valence-corrected chi connectivity index (χ4v) is 5.85. The highest BCUT2D eigenvalue weighted by molar-refractivity contribution is 5.69. The van der Waals surface area contributed by atoms with Crippen LogP contribution in [0.2, 0.25) is 0 Å². The van der Waals surface area contributed by atoms with Crippen molar-refractivity contribution in [3.05, 3.63) is 106 Å². The molecule has 0 saturated carbocycles. The Labute approximate surface area is 283 Å². The zero-order valence-corrected chi connectivity index (χ0v) is 28.5. The van der Waals surface area contributed by atoms with Gasteiger partial charge in [0.1, 0.15) is 24.4 Å². The molecule has 2 amide bonds. The molecule has 8 nitrogen and oxygen atoms in total. The van der Waals surface area contributed by atoms with E-state index in [0.717, 1.165) is 33.4 Å². The summed E-state index contributed by atoms with van der Waals surface area (Å²) in [4.78, 5) is 25.1. The molecule has 0 radical (unpaired) electrons. The largest absolute Gasteiger partial charge is 0.444 e. The molecule has 0 heterocycles. The molecule has 0 fully saturated rings. The van der Waals surface area contributed by atoms with Crippen LogP contribution in [0.15, 0.2) is 72.8 Å². The van der Waals surface area contributed by atoms with Crippen LogP contribution in [0.25, 0.3) is 0 Å². The van der Waals surface area contributed by atoms with E-state index in [1.807, 2.05) is 102 Å². The molecule has 0 aromatic heterocycles. The van der Waals surface area contributed by atoms with Gasteiger partial charge in [0.25, 0.3) is 0 Å². The summed E-state index contributed by atoms with van der Waals surface area (Å²) in [6.07, 6.45) is -0.0606. The minimum Gasteiger partial charge on any atom is -0.444 e. The number of benzene rings is 3. The maximum absolute atomic E-state index is 12.5. The molecule has 2 aliphatic carbocycles. The maximum atomic E-state index is 12.5. The molecule has 0 spiro atoms. The van der Waals surface area contributed by atoms with Crippen LogP contribution in [0.1, 0.15) is 87.0 Å². The number of carbonyl (C=O) groups excluding carboxylic acids is 2. The van der Waals surface area contributed by atoms with Gasteiger partial charge < -0.3 is 29.6 Å². The monoisotopic (exact) mass is 648 g/mol. The van der Waals surface area contributed by atoms with Crippen molar-refractivity contribution in [1.29, 1.82) is 0 Å². The summed E-state index contributed by atoms with van der Waals surface area (Å²) < 4.78 is 23.3. The second-order valence-corrected chi connectivity index (χ2v) is 13.9. The number of rotatable bonds is 6. The molecule has 5 rings (SSSR count). The number of ether oxygens (including phenoxy) is 4. The van der Waals surface area contributed by atoms with Crippen LogP contribution in [-0.2, 0) is 31.8 Å². The van der Waals surface area contributed by atoms with Crippen LogP contribution in [-0.4, -0.2) is 48.8 Å². The summed E-state index contributed by atoms with van der Waals surface area (Å²) in [5.41, 5.74) is 4.87. The zero-order valence-electron chi connectivity index (χ0n) is 28.5. The minimum absolute atomic E-state index is 0.221. The van der Waals surface area contributed by atoms with Crippen molar-refractivity contribution in [3.8, 4) is 23.7 Å². The van der Waals surface area contributed by atoms with Crippen molar-refractivity contribution in [1.82, 2.24) is 10.6 Å². The lowest BCUT2D eigenvalue weighted by molar-refractivity contribution is 0.0300. The fourth-order valence-electron chi connectivity index (χ4n) is 5.85. The Morgan fingerprint density at radius 3 is 1.38 bits per heavy atom. The number of hydrogen-bond donors (Lipinski definition) is 2. The molecule has 2 aliphatic rings. The second kappa shape index (κ2) is 15.0. The first-order valence-electron chi connectivity index (χ1n) is 16.3. The highest BCUT2D eigenvalue weighted by Gasteiger charge is 2.36. The molecule has 48 heavy (non-hydrogen) atoms. The van der Waals surface area contributed by atoms with Crippen LogP contribution in [0.4, 0.5) is 9.59 Å². The fraction of sp³-hybridized carbons (Fsp3) is 0.400. The first-order chi connectivity index (χ1) is 22.8. The molecule has 0 aliphatic heterocycles. The summed E-state index contributed by atoms with van der Waals surface area (Å²) in [5, 5.41) is 5.97. The Kier molecular flexibility index (Phi) is 10.8. The van der Waals surface area contributed by atoms with Gasteiger partial charge in [0.15, 0.2) is 0 Å². The molecule has 3 aromatic carbocycles. The Bertz CT molecular complexity index is 1600. The predicted molar refractivity (Wildman–Crippen MR) is 184 cm³/mol. The molecule has 4 atom stereocenters. The van der Waals surface area contributed by atoms with E-state index in [1.54, 1.807) is 0 Å². The summed E-state index contributed by atoms with van der Waals surface area (Å²) in [5.74, 6) is 12.5. The molecular formula is C40H44N2O6. The van der Waals surface area contributed by atoms with Crippen LogP contribution < -0.4 is 10.6 Å². The first kappa shape index (κ1) is 34.6. The summed E-state index contributed by atoms with van der Waals surface area (Å²) in [7, 11) is 0. The van der Waals surface area contributed by atoms with Gasteiger partial charge in [-0.05, 0) is 88.1 Å². The normalized spacial score (nSPS) is 19.5. The average molecular weight is 649 g/mol. The van der Waals surface area contributed by atoms with E-state index in [4.69, 9.17) is 18.9 Å². The molecule has 0 unspecified atom stereocenters. The number of nitrogens with one attached hydrogen (secondary N) is 2. The Hall–Kier alpha value is -4.76. The third-order valence-corrected chi connectivity index (χ3v) is 7.80. The number of amides is 2. The predicted octanol–water partition coefficient (Wildman–Crippen LogP) is 6.80. The van der Waals surface area contributed by atoms with Crippen LogP contribution in [0.3, 0.4) is 0 Å². The van der Waals surface area contributed by atoms with Crippen molar-refractivity contribution in [2.24, 2.45) is 0 Å². The number of carbonyl (C=O) groups is 2. The number of fused-ring (bicyclic) bond motifs is 2. The van der Waals surface area contributed by atoms with Crippen molar-refractivity contribution in [2.75, 3.05) is 13.2 Å². The van der Waals surface area contributed by atoms with Gasteiger partial charge in [-0.25, -0.2) is 9.59 Å². The molecule has 250 valence electrons. The van der Waals surface area contributed by atoms with Gasteiger partial charge in [-0.15, -0.1) is 0 Å². The van der Waals surface area contributed by atoms with E-state index in [-0.39, 0.29) is 37.5 Å². The van der Waals surface area contributed by atoms with E-state index in [0.29, 0.717) is 12.8 Å². The van der Waals surface area contributed by atoms with Crippen molar-refractivity contribution < 1.29 is 28.5 Å². The van der Waals surface area contributed by atoms with Gasteiger partial charge in [0.05, 0.1) is 24.3 Å². The van der Waals surface area contributed by atoms with E-state index >= 15 is 0 Å². The summed E-state index contributed by atoms with van der Waals surface area (Å²) in [6, 6.07) is 23.1. The van der Waals surface area contributed by atoms with Crippen molar-refractivity contribution in [2.45, 2.75) is 89.9 Å². The topological polar surface area (TPSA) is 95.1 Å². The van der Waals surface area contributed by atoms with E-state index in [9.17, 15) is 9.59 Å². The number of alkyl carbamates (subject to hydrolysis) is 2. The molecule has 0 bridgehead atoms. The minimum atomic E-state index is -0.590. The van der Waals surface area contributed by atoms with Crippen LogP contribution in [0, 0.1) is 23.7 Å². The smallest absolute Gasteiger partial charge is 0.408 e. The van der Waals surface area contributed by atoms with Gasteiger partial charge in [-0.3, -0.25) is 0 Å². The van der Waals surface area contributed by atoms with E-state index in [1.165, 1.54) is 0 Å². The Balaban J connectivity index is 1.12. The zero-order chi connectivity index (χ0) is 34.3. The quantitative estimate of drug-likeness (QED) is 0.286. The summed E-state index contributed by atoms with van der Waals surface area (Å²) >= 11 is 0. The van der Waals surface area contributed by atoms with Gasteiger partial charge in [0, 0.05) is 24.0 Å². The molecule has 0 saturated heterocycles. The third-order valence-electron chi connectivity index (χ3n) is 7.80. The molecule has 2 N–H and O–H groups in total. The van der Waals surface area contributed by atoms with Gasteiger partial charge in [0.2, 0.25) is 0 Å². The lowest BCUT2D eigenvalue weighted by Gasteiger charge is -2.25. The average Bonchev–Trinajstić information content (AvgIpc) is 3.53. The SMILES string of the molecule is CC(C)(C)OC(=O)N[C@H]1c2ccccc2C[C@H]1OCC#Cc1ccc(C#CCO[C@@H]2Cc3ccccc3[C@@H]2NC(=O)OC(C)(C)C)cc1. The van der Waals surface area contributed by atoms with E-state index in [2.05, 4.69) is 46.4 Å². The van der Waals surface area contributed by atoms with Gasteiger partial charge >= 0.3 is 12.2 Å². The van der Waals surface area contributed by atoms with Gasteiger partial charge in [-0.1, -0.05) is 72.2 Å². The highest BCUT2D eigenvalue weighted by atomic mass is 16.6. The standard InChI is InChI=1S/C40H44N2O6/c1-39(2,3)47-37(43)41-35-31-17-9-7-15-29(31)25-33(35)45-23-11-13-27-19-21-28(22-20-27)14-12-24-46-34-26-30-16-8-10-18-32(30)36(34)42-38(44)48-40(4,5)6/h7-10,15-22,33-36H,23-26H2,1-6H3,(H,41,43)(H,42,44)/t33-,34-,35+,36+/m1/s1. The van der Waals surface area contributed by atoms with Crippen LogP contribution in [0.5, 0.6) is 0 Å². The lowest BCUT2D eigenvalue weighted by atomic mass is 10.1. The van der Waals surface area contributed by atoms with Gasteiger partial charge in [-0.2, -0.15) is 0 Å². The number of hydrogen-bond acceptors (Lipinski definition) is 6. The van der Waals surface area contributed by atoms with E-state index < -0.39 is 23.4 Å². The molecular weight excluding hydrogens is 604 g/mol. The second-order valence-electron chi connectivity index (χ2n) is 13.9.